The molecule has 1 aromatic heterocycles. The SMILES string of the molecule is N#Cc1ccc2[nH]c3c(c2c1)CNN=C3. The Morgan fingerprint density at radius 1 is 1.40 bits per heavy atom. The predicted octanol–water partition coefficient (Wildman–Crippen LogP) is 1.48. The van der Waals surface area contributed by atoms with Crippen LogP contribution >= 0.6 is 0 Å². The van der Waals surface area contributed by atoms with Gasteiger partial charge in [0.25, 0.3) is 0 Å². The van der Waals surface area contributed by atoms with E-state index in [0.717, 1.165) is 16.6 Å². The van der Waals surface area contributed by atoms with Gasteiger partial charge in [0, 0.05) is 16.5 Å². The summed E-state index contributed by atoms with van der Waals surface area (Å²) in [5.74, 6) is 0. The number of nitriles is 1. The summed E-state index contributed by atoms with van der Waals surface area (Å²) in [5, 5.41) is 13.9. The number of nitrogens with zero attached hydrogens (tertiary/aromatic N) is 2. The first-order valence-corrected chi connectivity index (χ1v) is 4.69. The maximum absolute atomic E-state index is 8.84. The summed E-state index contributed by atoms with van der Waals surface area (Å²) in [5.41, 5.74) is 6.86. The largest absolute Gasteiger partial charge is 0.353 e. The van der Waals surface area contributed by atoms with Gasteiger partial charge in [0.2, 0.25) is 0 Å². The van der Waals surface area contributed by atoms with Crippen molar-refractivity contribution in [2.45, 2.75) is 6.54 Å². The van der Waals surface area contributed by atoms with Crippen LogP contribution < -0.4 is 5.43 Å². The van der Waals surface area contributed by atoms with Gasteiger partial charge in [-0.05, 0) is 18.2 Å². The lowest BCUT2D eigenvalue weighted by Crippen LogP contribution is -2.12. The van der Waals surface area contributed by atoms with Crippen molar-refractivity contribution in [2.24, 2.45) is 5.10 Å². The van der Waals surface area contributed by atoms with Gasteiger partial charge in [-0.3, -0.25) is 0 Å². The van der Waals surface area contributed by atoms with Crippen LogP contribution in [0.2, 0.25) is 0 Å². The molecule has 4 heteroatoms. The number of hydrogen-bond donors (Lipinski definition) is 2. The molecule has 2 heterocycles. The zero-order valence-electron chi connectivity index (χ0n) is 7.91. The highest BCUT2D eigenvalue weighted by atomic mass is 15.3. The average molecular weight is 196 g/mol. The number of aromatic nitrogens is 1. The number of aromatic amines is 1. The third-order valence-corrected chi connectivity index (χ3v) is 2.61. The van der Waals surface area contributed by atoms with Crippen LogP contribution in [-0.4, -0.2) is 11.2 Å². The van der Waals surface area contributed by atoms with Crippen molar-refractivity contribution in [3.63, 3.8) is 0 Å². The summed E-state index contributed by atoms with van der Waals surface area (Å²) >= 11 is 0. The summed E-state index contributed by atoms with van der Waals surface area (Å²) < 4.78 is 0. The molecule has 0 bridgehead atoms. The van der Waals surface area contributed by atoms with Gasteiger partial charge in [0.15, 0.2) is 0 Å². The van der Waals surface area contributed by atoms with Crippen LogP contribution in [0.15, 0.2) is 23.3 Å². The van der Waals surface area contributed by atoms with Crippen LogP contribution in [0.3, 0.4) is 0 Å². The molecule has 1 aliphatic heterocycles. The summed E-state index contributed by atoms with van der Waals surface area (Å²) in [4.78, 5) is 3.27. The fourth-order valence-corrected chi connectivity index (χ4v) is 1.87. The van der Waals surface area contributed by atoms with Crippen LogP contribution in [0.25, 0.3) is 10.9 Å². The number of hydrogen-bond acceptors (Lipinski definition) is 3. The monoisotopic (exact) mass is 196 g/mol. The van der Waals surface area contributed by atoms with Crippen LogP contribution in [0.4, 0.5) is 0 Å². The molecule has 0 amide bonds. The highest BCUT2D eigenvalue weighted by Gasteiger charge is 2.12. The van der Waals surface area contributed by atoms with Gasteiger partial charge in [-0.1, -0.05) is 0 Å². The fraction of sp³-hybridized carbons (Fsp3) is 0.0909. The maximum atomic E-state index is 8.84. The topological polar surface area (TPSA) is 64.0 Å². The normalized spacial score (nSPS) is 13.3. The Morgan fingerprint density at radius 3 is 3.20 bits per heavy atom. The van der Waals surface area contributed by atoms with E-state index in [1.165, 1.54) is 5.56 Å². The number of nitrogens with one attached hydrogen (secondary N) is 2. The second-order valence-corrected chi connectivity index (χ2v) is 3.48. The highest BCUT2D eigenvalue weighted by Crippen LogP contribution is 2.23. The lowest BCUT2D eigenvalue weighted by molar-refractivity contribution is 0.738. The van der Waals surface area contributed by atoms with E-state index in [4.69, 9.17) is 5.26 Å². The lowest BCUT2D eigenvalue weighted by atomic mass is 10.1. The van der Waals surface area contributed by atoms with E-state index in [1.54, 1.807) is 6.21 Å². The fourth-order valence-electron chi connectivity index (χ4n) is 1.87. The Hall–Kier alpha value is -2.28. The van der Waals surface area contributed by atoms with E-state index >= 15 is 0 Å². The maximum Gasteiger partial charge on any atom is 0.0991 e. The average Bonchev–Trinajstić information content (AvgIpc) is 2.66. The minimum atomic E-state index is 0.687. The molecule has 15 heavy (non-hydrogen) atoms. The number of rotatable bonds is 0. The van der Waals surface area contributed by atoms with Gasteiger partial charge < -0.3 is 10.4 Å². The molecule has 72 valence electrons. The van der Waals surface area contributed by atoms with Crippen LogP contribution in [0.5, 0.6) is 0 Å². The highest BCUT2D eigenvalue weighted by molar-refractivity contribution is 5.94. The Morgan fingerprint density at radius 2 is 2.33 bits per heavy atom. The molecule has 0 radical (unpaired) electrons. The van der Waals surface area contributed by atoms with Crippen molar-refractivity contribution in [3.8, 4) is 6.07 Å². The van der Waals surface area contributed by atoms with E-state index < -0.39 is 0 Å². The molecular weight excluding hydrogens is 188 g/mol. The second kappa shape index (κ2) is 2.85. The van der Waals surface area contributed by atoms with E-state index in [2.05, 4.69) is 21.6 Å². The third-order valence-electron chi connectivity index (χ3n) is 2.61. The molecule has 0 saturated heterocycles. The first-order chi connectivity index (χ1) is 7.38. The van der Waals surface area contributed by atoms with Gasteiger partial charge in [0.05, 0.1) is 30.1 Å². The molecule has 0 unspecified atom stereocenters. The van der Waals surface area contributed by atoms with Crippen molar-refractivity contribution >= 4 is 17.1 Å². The van der Waals surface area contributed by atoms with E-state index in [-0.39, 0.29) is 0 Å². The van der Waals surface area contributed by atoms with Crippen molar-refractivity contribution in [2.75, 3.05) is 0 Å². The summed E-state index contributed by atoms with van der Waals surface area (Å²) in [7, 11) is 0. The number of hydrazone groups is 1. The number of benzene rings is 1. The molecule has 1 aromatic carbocycles. The summed E-state index contributed by atoms with van der Waals surface area (Å²) in [6, 6.07) is 7.80. The zero-order chi connectivity index (χ0) is 10.3. The molecule has 1 aliphatic rings. The first kappa shape index (κ1) is 8.06. The summed E-state index contributed by atoms with van der Waals surface area (Å²) in [6.07, 6.45) is 1.77. The lowest BCUT2D eigenvalue weighted by Gasteiger charge is -2.05. The number of H-pyrrole nitrogens is 1. The van der Waals surface area contributed by atoms with Crippen molar-refractivity contribution in [3.05, 3.63) is 35.0 Å². The van der Waals surface area contributed by atoms with Crippen LogP contribution in [-0.2, 0) is 6.54 Å². The molecule has 0 saturated carbocycles. The van der Waals surface area contributed by atoms with Crippen LogP contribution in [0, 0.1) is 11.3 Å². The molecular formula is C11H8N4. The smallest absolute Gasteiger partial charge is 0.0991 e. The Kier molecular flexibility index (Phi) is 1.53. The number of fused-ring (bicyclic) bond motifs is 3. The Bertz CT molecular complexity index is 601. The van der Waals surface area contributed by atoms with Gasteiger partial charge >= 0.3 is 0 Å². The minimum absolute atomic E-state index is 0.687. The van der Waals surface area contributed by atoms with E-state index in [9.17, 15) is 0 Å². The zero-order valence-corrected chi connectivity index (χ0v) is 7.91. The molecule has 2 N–H and O–H groups in total. The Balaban J connectivity index is 2.36. The summed E-state index contributed by atoms with van der Waals surface area (Å²) in [6.45, 7) is 0.709. The molecule has 0 spiro atoms. The second-order valence-electron chi connectivity index (χ2n) is 3.48. The van der Waals surface area contributed by atoms with E-state index in [0.29, 0.717) is 12.1 Å². The van der Waals surface area contributed by atoms with Gasteiger partial charge in [-0.15, -0.1) is 0 Å². The molecule has 4 nitrogen and oxygen atoms in total. The van der Waals surface area contributed by atoms with Gasteiger partial charge in [-0.2, -0.15) is 10.4 Å². The van der Waals surface area contributed by atoms with Gasteiger partial charge in [-0.25, -0.2) is 0 Å². The first-order valence-electron chi connectivity index (χ1n) is 4.69. The van der Waals surface area contributed by atoms with Crippen molar-refractivity contribution < 1.29 is 0 Å². The van der Waals surface area contributed by atoms with Gasteiger partial charge in [0.1, 0.15) is 0 Å². The molecule has 0 atom stereocenters. The molecule has 2 aromatic rings. The van der Waals surface area contributed by atoms with Crippen molar-refractivity contribution in [1.29, 1.82) is 5.26 Å². The standard InChI is InChI=1S/C11H8N4/c12-4-7-1-2-10-8(3-7)9-5-13-14-6-11(9)15-10/h1-3,6,13,15H,5H2. The quantitative estimate of drug-likeness (QED) is 0.670. The molecule has 0 fully saturated rings. The van der Waals surface area contributed by atoms with Crippen LogP contribution in [0.1, 0.15) is 16.8 Å². The minimum Gasteiger partial charge on any atom is -0.353 e. The van der Waals surface area contributed by atoms with Crippen molar-refractivity contribution in [1.82, 2.24) is 10.4 Å². The molecule has 0 aliphatic carbocycles. The Labute approximate surface area is 86.2 Å². The molecule has 3 rings (SSSR count). The third kappa shape index (κ3) is 1.10. The predicted molar refractivity (Wildman–Crippen MR) is 57.4 cm³/mol. The van der Waals surface area contributed by atoms with E-state index in [1.807, 2.05) is 18.2 Å².